The van der Waals surface area contributed by atoms with Crippen LogP contribution in [0.15, 0.2) is 60.3 Å². The Morgan fingerprint density at radius 2 is 1.80 bits per heavy atom. The number of carboxylic acids is 1. The average molecular weight is 406 g/mol. The maximum Gasteiger partial charge on any atom is 0.328 e. The highest BCUT2D eigenvalue weighted by molar-refractivity contribution is 6.06. The number of benzene rings is 2. The largest absolute Gasteiger partial charge is 0.478 e. The summed E-state index contributed by atoms with van der Waals surface area (Å²) in [6.45, 7) is 6.55. The van der Waals surface area contributed by atoms with Crippen LogP contribution in [0.1, 0.15) is 52.1 Å². The van der Waals surface area contributed by atoms with Gasteiger partial charge in [-0.2, -0.15) is 0 Å². The van der Waals surface area contributed by atoms with E-state index in [0.29, 0.717) is 12.1 Å². The number of rotatable bonds is 9. The van der Waals surface area contributed by atoms with Gasteiger partial charge in [-0.1, -0.05) is 31.2 Å². The number of aliphatic carboxylic acids is 1. The van der Waals surface area contributed by atoms with E-state index in [1.165, 1.54) is 18.2 Å². The molecule has 0 aliphatic carbocycles. The second kappa shape index (κ2) is 10.2. The molecule has 156 valence electrons. The zero-order chi connectivity index (χ0) is 22.3. The molecular formula is C24H26N2O4. The number of hydrogen-bond acceptors (Lipinski definition) is 4. The summed E-state index contributed by atoms with van der Waals surface area (Å²) in [6, 6.07) is 12.0. The number of anilines is 1. The van der Waals surface area contributed by atoms with Crippen LogP contribution in [0.2, 0.25) is 0 Å². The van der Waals surface area contributed by atoms with E-state index in [1.54, 1.807) is 18.2 Å². The Balaban J connectivity index is 2.41. The molecule has 30 heavy (non-hydrogen) atoms. The van der Waals surface area contributed by atoms with Gasteiger partial charge in [-0.3, -0.25) is 9.59 Å². The Morgan fingerprint density at radius 1 is 1.10 bits per heavy atom. The van der Waals surface area contributed by atoms with Crippen molar-refractivity contribution in [3.8, 4) is 0 Å². The molecule has 0 heterocycles. The normalized spacial score (nSPS) is 11.5. The van der Waals surface area contributed by atoms with Crippen molar-refractivity contribution in [3.63, 3.8) is 0 Å². The Morgan fingerprint density at radius 3 is 2.43 bits per heavy atom. The highest BCUT2D eigenvalue weighted by atomic mass is 16.4. The van der Waals surface area contributed by atoms with Gasteiger partial charge in [0.2, 0.25) is 5.91 Å². The van der Waals surface area contributed by atoms with E-state index in [0.717, 1.165) is 35.0 Å². The van der Waals surface area contributed by atoms with Crippen LogP contribution in [0.4, 0.5) is 5.69 Å². The molecule has 0 saturated carbocycles. The fourth-order valence-corrected chi connectivity index (χ4v) is 3.08. The van der Waals surface area contributed by atoms with Crippen molar-refractivity contribution < 1.29 is 19.5 Å². The number of ketones is 1. The fraction of sp³-hybridized carbons (Fsp3) is 0.208. The minimum Gasteiger partial charge on any atom is -0.478 e. The summed E-state index contributed by atoms with van der Waals surface area (Å²) in [5, 5.41) is 8.87. The topological polar surface area (TPSA) is 101 Å². The first-order chi connectivity index (χ1) is 14.2. The molecule has 6 heteroatoms. The zero-order valence-electron chi connectivity index (χ0n) is 17.4. The monoisotopic (exact) mass is 406 g/mol. The molecule has 0 fully saturated rings. The molecule has 0 spiro atoms. The van der Waals surface area contributed by atoms with Crippen LogP contribution < -0.4 is 10.6 Å². The van der Waals surface area contributed by atoms with Gasteiger partial charge >= 0.3 is 5.97 Å². The first-order valence-corrected chi connectivity index (χ1v) is 9.64. The van der Waals surface area contributed by atoms with E-state index >= 15 is 0 Å². The quantitative estimate of drug-likeness (QED) is 0.480. The molecular weight excluding hydrogens is 380 g/mol. The molecule has 0 aromatic heterocycles. The molecule has 1 amide bonds. The van der Waals surface area contributed by atoms with Crippen LogP contribution in [-0.2, 0) is 4.79 Å². The van der Waals surface area contributed by atoms with Crippen molar-refractivity contribution in [2.75, 3.05) is 11.4 Å². The molecule has 2 rings (SSSR count). The van der Waals surface area contributed by atoms with Gasteiger partial charge in [0.25, 0.3) is 0 Å². The van der Waals surface area contributed by atoms with E-state index in [4.69, 9.17) is 10.8 Å². The summed E-state index contributed by atoms with van der Waals surface area (Å²) in [6.07, 6.45) is 5.02. The van der Waals surface area contributed by atoms with Crippen molar-refractivity contribution in [1.82, 2.24) is 0 Å². The minimum atomic E-state index is -1.01. The summed E-state index contributed by atoms with van der Waals surface area (Å²) in [4.78, 5) is 37.0. The molecule has 2 aromatic carbocycles. The van der Waals surface area contributed by atoms with Crippen LogP contribution in [0.25, 0.3) is 6.08 Å². The second-order valence-corrected chi connectivity index (χ2v) is 6.96. The lowest BCUT2D eigenvalue weighted by Crippen LogP contribution is -2.23. The van der Waals surface area contributed by atoms with Gasteiger partial charge in [0.1, 0.15) is 0 Å². The van der Waals surface area contributed by atoms with Crippen LogP contribution in [0, 0.1) is 6.92 Å². The number of hydrogen-bond donors (Lipinski definition) is 2. The van der Waals surface area contributed by atoms with Gasteiger partial charge in [0.15, 0.2) is 5.78 Å². The van der Waals surface area contributed by atoms with Gasteiger partial charge < -0.3 is 15.7 Å². The Bertz CT molecular complexity index is 1020. The lowest BCUT2D eigenvalue weighted by Gasteiger charge is -2.27. The van der Waals surface area contributed by atoms with Gasteiger partial charge in [0, 0.05) is 41.2 Å². The highest BCUT2D eigenvalue weighted by Gasteiger charge is 2.14. The van der Waals surface area contributed by atoms with Crippen LogP contribution in [0.5, 0.6) is 0 Å². The highest BCUT2D eigenvalue weighted by Crippen LogP contribution is 2.26. The third-order valence-corrected chi connectivity index (χ3v) is 4.59. The molecule has 0 aliphatic rings. The van der Waals surface area contributed by atoms with Gasteiger partial charge in [-0.05, 0) is 55.7 Å². The summed E-state index contributed by atoms with van der Waals surface area (Å²) in [5.41, 5.74) is 9.38. The predicted molar refractivity (Wildman–Crippen MR) is 119 cm³/mol. The van der Waals surface area contributed by atoms with Crippen LogP contribution in [0.3, 0.4) is 0 Å². The van der Waals surface area contributed by atoms with Crippen LogP contribution >= 0.6 is 0 Å². The molecule has 6 nitrogen and oxygen atoms in total. The molecule has 0 unspecified atom stereocenters. The Kier molecular flexibility index (Phi) is 7.69. The maximum atomic E-state index is 12.8. The first-order valence-electron chi connectivity index (χ1n) is 9.64. The van der Waals surface area contributed by atoms with Crippen molar-refractivity contribution in [1.29, 1.82) is 0 Å². The minimum absolute atomic E-state index is 0.226. The van der Waals surface area contributed by atoms with Crippen molar-refractivity contribution in [2.45, 2.75) is 27.2 Å². The fourth-order valence-electron chi connectivity index (χ4n) is 3.08. The number of primary amides is 1. The van der Waals surface area contributed by atoms with Gasteiger partial charge in [-0.25, -0.2) is 4.79 Å². The molecule has 2 aromatic rings. The van der Waals surface area contributed by atoms with Gasteiger partial charge in [-0.15, -0.1) is 0 Å². The predicted octanol–water partition coefficient (Wildman–Crippen LogP) is 4.19. The molecule has 0 bridgehead atoms. The third-order valence-electron chi connectivity index (χ3n) is 4.59. The number of nitrogens with zero attached hydrogens (tertiary/aromatic N) is 1. The first kappa shape index (κ1) is 22.6. The summed E-state index contributed by atoms with van der Waals surface area (Å²) >= 11 is 0. The number of carbonyl (C=O) groups excluding carboxylic acids is 2. The SMILES string of the molecule is CCCN(/C(C)=C/C(=O)c1cccc(C(N)=O)c1)c1cc(/C=C/C(=O)O)ccc1C. The van der Waals surface area contributed by atoms with Crippen molar-refractivity contribution >= 4 is 29.4 Å². The number of allylic oxidation sites excluding steroid dienone is 2. The third kappa shape index (κ3) is 5.91. The van der Waals surface area contributed by atoms with Crippen LogP contribution in [-0.4, -0.2) is 29.3 Å². The van der Waals surface area contributed by atoms with Gasteiger partial charge in [0.05, 0.1) is 0 Å². The standard InChI is InChI=1S/C24H26N2O4/c1-4-12-26(21-14-18(9-8-16(21)2)10-11-23(28)29)17(3)13-22(27)19-6-5-7-20(15-19)24(25)30/h5-11,13-15H,4,12H2,1-3H3,(H2,25,30)(H,28,29)/b11-10+,17-13+. The van der Waals surface area contributed by atoms with E-state index in [-0.39, 0.29) is 11.3 Å². The van der Waals surface area contributed by atoms with E-state index in [9.17, 15) is 14.4 Å². The van der Waals surface area contributed by atoms with E-state index < -0.39 is 11.9 Å². The van der Waals surface area contributed by atoms with Crippen molar-refractivity contribution in [3.05, 3.63) is 82.6 Å². The smallest absolute Gasteiger partial charge is 0.328 e. The molecule has 0 atom stereocenters. The number of amides is 1. The number of nitrogens with two attached hydrogens (primary N) is 1. The number of carbonyl (C=O) groups is 3. The number of carboxylic acid groups (broad SMARTS) is 1. The molecule has 0 radical (unpaired) electrons. The Labute approximate surface area is 176 Å². The maximum absolute atomic E-state index is 12.8. The molecule has 0 aliphatic heterocycles. The molecule has 0 saturated heterocycles. The van der Waals surface area contributed by atoms with E-state index in [2.05, 4.69) is 0 Å². The summed E-state index contributed by atoms with van der Waals surface area (Å²) < 4.78 is 0. The van der Waals surface area contributed by atoms with Crippen molar-refractivity contribution in [2.24, 2.45) is 5.73 Å². The number of aryl methyl sites for hydroxylation is 1. The summed E-state index contributed by atoms with van der Waals surface area (Å²) in [5.74, 6) is -1.82. The second-order valence-electron chi connectivity index (χ2n) is 6.96. The lowest BCUT2D eigenvalue weighted by molar-refractivity contribution is -0.131. The summed E-state index contributed by atoms with van der Waals surface area (Å²) in [7, 11) is 0. The lowest BCUT2D eigenvalue weighted by atomic mass is 10.0. The zero-order valence-corrected chi connectivity index (χ0v) is 17.4. The molecule has 3 N–H and O–H groups in total. The Hall–Kier alpha value is -3.67. The van der Waals surface area contributed by atoms with E-state index in [1.807, 2.05) is 43.9 Å². The average Bonchev–Trinajstić information content (AvgIpc) is 2.71.